The Morgan fingerprint density at radius 2 is 2.07 bits per heavy atom. The minimum absolute atomic E-state index is 0.258. The third-order valence-corrected chi connectivity index (χ3v) is 5.28. The SMILES string of the molecule is Cc1nc(-c2ncccn2)sc1C(=O)Nc1cc(Br)ccc1-n1cncn1. The highest BCUT2D eigenvalue weighted by atomic mass is 79.9. The zero-order valence-corrected chi connectivity index (χ0v) is 16.4. The molecular formula is C17H12BrN7OS. The maximum atomic E-state index is 12.9. The van der Waals surface area contributed by atoms with Crippen LogP contribution in [0.1, 0.15) is 15.4 Å². The van der Waals surface area contributed by atoms with E-state index in [0.717, 1.165) is 4.47 Å². The van der Waals surface area contributed by atoms with Gasteiger partial charge in [-0.2, -0.15) is 5.10 Å². The van der Waals surface area contributed by atoms with Gasteiger partial charge in [-0.15, -0.1) is 11.3 Å². The molecule has 0 aliphatic carbocycles. The molecule has 1 aromatic carbocycles. The maximum Gasteiger partial charge on any atom is 0.267 e. The van der Waals surface area contributed by atoms with Crippen LogP contribution in [-0.2, 0) is 0 Å². The number of nitrogens with one attached hydrogen (secondary N) is 1. The average Bonchev–Trinajstić information content (AvgIpc) is 3.32. The lowest BCUT2D eigenvalue weighted by Crippen LogP contribution is -2.14. The van der Waals surface area contributed by atoms with Crippen molar-refractivity contribution < 1.29 is 4.79 Å². The van der Waals surface area contributed by atoms with E-state index in [1.54, 1.807) is 36.4 Å². The summed E-state index contributed by atoms with van der Waals surface area (Å²) < 4.78 is 2.42. The summed E-state index contributed by atoms with van der Waals surface area (Å²) in [5.74, 6) is 0.238. The van der Waals surface area contributed by atoms with Gasteiger partial charge in [-0.1, -0.05) is 15.9 Å². The lowest BCUT2D eigenvalue weighted by atomic mass is 10.2. The van der Waals surface area contributed by atoms with Crippen LogP contribution < -0.4 is 5.32 Å². The third kappa shape index (κ3) is 3.62. The molecule has 4 aromatic rings. The van der Waals surface area contributed by atoms with E-state index in [1.165, 1.54) is 17.7 Å². The Kier molecular flexibility index (Phi) is 4.73. The van der Waals surface area contributed by atoms with Gasteiger partial charge in [-0.25, -0.2) is 24.6 Å². The monoisotopic (exact) mass is 441 g/mol. The Bertz CT molecular complexity index is 1100. The van der Waals surface area contributed by atoms with Crippen LogP contribution >= 0.6 is 27.3 Å². The summed E-state index contributed by atoms with van der Waals surface area (Å²) in [6, 6.07) is 7.26. The molecule has 0 saturated heterocycles. The summed E-state index contributed by atoms with van der Waals surface area (Å²) in [6.07, 6.45) is 6.30. The number of rotatable bonds is 4. The molecule has 0 spiro atoms. The molecule has 0 fully saturated rings. The summed E-state index contributed by atoms with van der Waals surface area (Å²) in [4.78, 5) is 30.1. The fraction of sp³-hybridized carbons (Fsp3) is 0.0588. The van der Waals surface area contributed by atoms with E-state index in [4.69, 9.17) is 0 Å². The molecule has 10 heteroatoms. The van der Waals surface area contributed by atoms with Crippen molar-refractivity contribution in [1.29, 1.82) is 0 Å². The Morgan fingerprint density at radius 3 is 2.81 bits per heavy atom. The molecule has 1 N–H and O–H groups in total. The number of hydrogen-bond acceptors (Lipinski definition) is 7. The normalized spacial score (nSPS) is 10.7. The highest BCUT2D eigenvalue weighted by Gasteiger charge is 2.19. The first kappa shape index (κ1) is 17.4. The standard InChI is InChI=1S/C17H12BrN7OS/c1-10-14(27-17(23-10)15-20-5-2-6-21-15)16(26)24-12-7-11(18)3-4-13(12)25-9-19-8-22-25/h2-9H,1H3,(H,24,26). The molecule has 27 heavy (non-hydrogen) atoms. The molecule has 0 radical (unpaired) electrons. The zero-order valence-electron chi connectivity index (χ0n) is 14.0. The van der Waals surface area contributed by atoms with Crippen molar-refractivity contribution in [2.24, 2.45) is 0 Å². The Balaban J connectivity index is 1.66. The van der Waals surface area contributed by atoms with Gasteiger partial charge in [0, 0.05) is 16.9 Å². The van der Waals surface area contributed by atoms with E-state index in [9.17, 15) is 4.79 Å². The second-order valence-corrected chi connectivity index (χ2v) is 7.38. The Labute approximate surface area is 166 Å². The number of amides is 1. The van der Waals surface area contributed by atoms with Gasteiger partial charge in [0.15, 0.2) is 10.8 Å². The highest BCUT2D eigenvalue weighted by molar-refractivity contribution is 9.10. The van der Waals surface area contributed by atoms with Gasteiger partial charge in [-0.05, 0) is 31.2 Å². The van der Waals surface area contributed by atoms with E-state index in [0.29, 0.717) is 32.8 Å². The fourth-order valence-corrected chi connectivity index (χ4v) is 3.70. The van der Waals surface area contributed by atoms with Crippen LogP contribution in [0.2, 0.25) is 0 Å². The van der Waals surface area contributed by atoms with Gasteiger partial charge in [0.2, 0.25) is 0 Å². The quantitative estimate of drug-likeness (QED) is 0.520. The predicted molar refractivity (Wildman–Crippen MR) is 105 cm³/mol. The molecular weight excluding hydrogens is 430 g/mol. The van der Waals surface area contributed by atoms with Crippen molar-refractivity contribution >= 4 is 38.9 Å². The molecule has 8 nitrogen and oxygen atoms in total. The summed E-state index contributed by atoms with van der Waals surface area (Å²) in [5.41, 5.74) is 1.93. The fourth-order valence-electron chi connectivity index (χ4n) is 2.43. The molecule has 3 heterocycles. The first-order valence-corrected chi connectivity index (χ1v) is 9.43. The van der Waals surface area contributed by atoms with E-state index < -0.39 is 0 Å². The number of halogens is 1. The van der Waals surface area contributed by atoms with Gasteiger partial charge in [0.1, 0.15) is 17.5 Å². The topological polar surface area (TPSA) is 98.5 Å². The average molecular weight is 442 g/mol. The largest absolute Gasteiger partial charge is 0.319 e. The summed E-state index contributed by atoms with van der Waals surface area (Å²) in [6.45, 7) is 1.79. The molecule has 0 unspecified atom stereocenters. The van der Waals surface area contributed by atoms with Gasteiger partial charge in [-0.3, -0.25) is 4.79 Å². The smallest absolute Gasteiger partial charge is 0.267 e. The maximum absolute atomic E-state index is 12.9. The van der Waals surface area contributed by atoms with Crippen LogP contribution in [0.5, 0.6) is 0 Å². The number of anilines is 1. The van der Waals surface area contributed by atoms with Crippen LogP contribution in [0.4, 0.5) is 5.69 Å². The lowest BCUT2D eigenvalue weighted by molar-refractivity contribution is 0.103. The highest BCUT2D eigenvalue weighted by Crippen LogP contribution is 2.28. The van der Waals surface area contributed by atoms with Crippen LogP contribution in [0.3, 0.4) is 0 Å². The van der Waals surface area contributed by atoms with Crippen molar-refractivity contribution in [2.75, 3.05) is 5.32 Å². The number of aryl methyl sites for hydroxylation is 1. The number of benzene rings is 1. The summed E-state index contributed by atoms with van der Waals surface area (Å²) in [5, 5.41) is 7.67. The van der Waals surface area contributed by atoms with E-state index in [-0.39, 0.29) is 5.91 Å². The molecule has 3 aromatic heterocycles. The molecule has 0 bridgehead atoms. The Hall–Kier alpha value is -2.98. The molecule has 0 saturated carbocycles. The van der Waals surface area contributed by atoms with Crippen molar-refractivity contribution in [3.8, 4) is 16.5 Å². The minimum atomic E-state index is -0.258. The van der Waals surface area contributed by atoms with Crippen LogP contribution in [0.25, 0.3) is 16.5 Å². The molecule has 134 valence electrons. The number of thiazole rings is 1. The van der Waals surface area contributed by atoms with Crippen molar-refractivity contribution in [3.63, 3.8) is 0 Å². The molecule has 0 aliphatic rings. The number of aromatic nitrogens is 6. The number of carbonyl (C=O) groups excluding carboxylic acids is 1. The van der Waals surface area contributed by atoms with E-state index in [2.05, 4.69) is 46.3 Å². The molecule has 1 amide bonds. The van der Waals surface area contributed by atoms with Gasteiger partial charge >= 0.3 is 0 Å². The number of nitrogens with zero attached hydrogens (tertiary/aromatic N) is 6. The lowest BCUT2D eigenvalue weighted by Gasteiger charge is -2.11. The van der Waals surface area contributed by atoms with Crippen LogP contribution in [0, 0.1) is 6.92 Å². The van der Waals surface area contributed by atoms with Crippen LogP contribution in [0.15, 0.2) is 53.8 Å². The second kappa shape index (κ2) is 7.33. The van der Waals surface area contributed by atoms with Crippen LogP contribution in [-0.4, -0.2) is 35.6 Å². The van der Waals surface area contributed by atoms with Gasteiger partial charge in [0.05, 0.1) is 17.1 Å². The van der Waals surface area contributed by atoms with Crippen molar-refractivity contribution in [2.45, 2.75) is 6.92 Å². The van der Waals surface area contributed by atoms with E-state index in [1.807, 2.05) is 18.2 Å². The molecule has 0 aliphatic heterocycles. The summed E-state index contributed by atoms with van der Waals surface area (Å²) >= 11 is 4.68. The van der Waals surface area contributed by atoms with Crippen molar-refractivity contribution in [3.05, 3.63) is 64.4 Å². The predicted octanol–water partition coefficient (Wildman–Crippen LogP) is 3.50. The zero-order chi connectivity index (χ0) is 18.8. The van der Waals surface area contributed by atoms with Crippen molar-refractivity contribution in [1.82, 2.24) is 29.7 Å². The van der Waals surface area contributed by atoms with E-state index >= 15 is 0 Å². The summed E-state index contributed by atoms with van der Waals surface area (Å²) in [7, 11) is 0. The molecule has 0 atom stereocenters. The van der Waals surface area contributed by atoms with Gasteiger partial charge in [0.25, 0.3) is 5.91 Å². The third-order valence-electron chi connectivity index (χ3n) is 3.63. The molecule has 4 rings (SSSR count). The minimum Gasteiger partial charge on any atom is -0.319 e. The Morgan fingerprint density at radius 1 is 1.26 bits per heavy atom. The first-order valence-electron chi connectivity index (χ1n) is 7.82. The number of hydrogen-bond donors (Lipinski definition) is 1. The van der Waals surface area contributed by atoms with Gasteiger partial charge < -0.3 is 5.32 Å². The second-order valence-electron chi connectivity index (χ2n) is 5.46. The first-order chi connectivity index (χ1) is 13.1. The number of carbonyl (C=O) groups is 1.